The Hall–Kier alpha value is -0.860. The van der Waals surface area contributed by atoms with E-state index in [2.05, 4.69) is 18.3 Å². The summed E-state index contributed by atoms with van der Waals surface area (Å²) in [6.45, 7) is 2.97. The Balaban J connectivity index is 2.18. The molecular formula is C16H21ClFN. The van der Waals surface area contributed by atoms with Crippen LogP contribution in [0.15, 0.2) is 29.8 Å². The Bertz CT molecular complexity index is 436. The van der Waals surface area contributed by atoms with Crippen LogP contribution in [0.5, 0.6) is 0 Å². The molecule has 1 aromatic carbocycles. The predicted molar refractivity (Wildman–Crippen MR) is 79.1 cm³/mol. The van der Waals surface area contributed by atoms with Crippen molar-refractivity contribution in [1.82, 2.24) is 5.32 Å². The smallest absolute Gasteiger partial charge is 0.127 e. The molecule has 0 radical (unpaired) electrons. The van der Waals surface area contributed by atoms with Gasteiger partial charge in [0.15, 0.2) is 0 Å². The summed E-state index contributed by atoms with van der Waals surface area (Å²) in [6, 6.07) is 5.11. The largest absolute Gasteiger partial charge is 0.310 e. The first-order valence-corrected chi connectivity index (χ1v) is 7.45. The van der Waals surface area contributed by atoms with Crippen LogP contribution >= 0.6 is 11.6 Å². The van der Waals surface area contributed by atoms with Crippen molar-refractivity contribution in [1.29, 1.82) is 0 Å². The van der Waals surface area contributed by atoms with Crippen LogP contribution in [0.3, 0.4) is 0 Å². The van der Waals surface area contributed by atoms with Gasteiger partial charge in [0.2, 0.25) is 0 Å². The molecule has 0 heterocycles. The van der Waals surface area contributed by atoms with Crippen LogP contribution in [-0.2, 0) is 6.42 Å². The van der Waals surface area contributed by atoms with Crippen molar-refractivity contribution in [3.8, 4) is 0 Å². The first-order valence-electron chi connectivity index (χ1n) is 7.07. The number of benzene rings is 1. The van der Waals surface area contributed by atoms with Gasteiger partial charge >= 0.3 is 0 Å². The Labute approximate surface area is 119 Å². The summed E-state index contributed by atoms with van der Waals surface area (Å²) in [5.74, 6) is -0.202. The Morgan fingerprint density at radius 1 is 1.37 bits per heavy atom. The van der Waals surface area contributed by atoms with Crippen molar-refractivity contribution in [3.05, 3.63) is 46.3 Å². The van der Waals surface area contributed by atoms with Crippen LogP contribution in [0.4, 0.5) is 4.39 Å². The normalized spacial score (nSPS) is 17.1. The maximum absolute atomic E-state index is 13.9. The average Bonchev–Trinajstić information content (AvgIpc) is 2.43. The van der Waals surface area contributed by atoms with Gasteiger partial charge in [-0.2, -0.15) is 0 Å². The van der Waals surface area contributed by atoms with E-state index in [1.54, 1.807) is 12.1 Å². The third kappa shape index (κ3) is 3.80. The van der Waals surface area contributed by atoms with Crippen LogP contribution in [0, 0.1) is 5.82 Å². The van der Waals surface area contributed by atoms with Crippen molar-refractivity contribution in [2.24, 2.45) is 0 Å². The van der Waals surface area contributed by atoms with Crippen molar-refractivity contribution in [2.75, 3.05) is 6.54 Å². The van der Waals surface area contributed by atoms with Crippen LogP contribution in [0.1, 0.15) is 38.2 Å². The monoisotopic (exact) mass is 281 g/mol. The van der Waals surface area contributed by atoms with Gasteiger partial charge in [-0.05, 0) is 50.8 Å². The van der Waals surface area contributed by atoms with E-state index in [1.165, 1.54) is 24.5 Å². The molecule has 2 rings (SSSR count). The third-order valence-corrected chi connectivity index (χ3v) is 4.05. The average molecular weight is 282 g/mol. The van der Waals surface area contributed by atoms with E-state index in [1.807, 2.05) is 0 Å². The summed E-state index contributed by atoms with van der Waals surface area (Å²) < 4.78 is 13.9. The number of halogens is 2. The molecule has 104 valence electrons. The Morgan fingerprint density at radius 3 is 2.84 bits per heavy atom. The van der Waals surface area contributed by atoms with E-state index < -0.39 is 0 Å². The van der Waals surface area contributed by atoms with Gasteiger partial charge in [-0.3, -0.25) is 0 Å². The van der Waals surface area contributed by atoms with Crippen molar-refractivity contribution < 1.29 is 4.39 Å². The van der Waals surface area contributed by atoms with Gasteiger partial charge in [0.1, 0.15) is 5.82 Å². The van der Waals surface area contributed by atoms with Gasteiger partial charge in [0.05, 0.1) is 0 Å². The summed E-state index contributed by atoms with van der Waals surface area (Å²) in [6.07, 6.45) is 7.70. The van der Waals surface area contributed by atoms with Gasteiger partial charge in [0, 0.05) is 16.6 Å². The van der Waals surface area contributed by atoms with Gasteiger partial charge in [-0.1, -0.05) is 36.2 Å². The van der Waals surface area contributed by atoms with Crippen molar-refractivity contribution >= 4 is 11.6 Å². The first kappa shape index (κ1) is 14.5. The minimum absolute atomic E-state index is 0.202. The highest BCUT2D eigenvalue weighted by molar-refractivity contribution is 6.31. The summed E-state index contributed by atoms with van der Waals surface area (Å²) in [5, 5.41) is 3.99. The van der Waals surface area contributed by atoms with Crippen molar-refractivity contribution in [3.63, 3.8) is 0 Å². The summed E-state index contributed by atoms with van der Waals surface area (Å²) >= 11 is 6.13. The fourth-order valence-electron chi connectivity index (χ4n) is 2.69. The lowest BCUT2D eigenvalue weighted by molar-refractivity contribution is 0.525. The zero-order chi connectivity index (χ0) is 13.7. The molecule has 1 N–H and O–H groups in total. The number of allylic oxidation sites excluding steroid dienone is 1. The fraction of sp³-hybridized carbons (Fsp3) is 0.500. The molecule has 0 bridgehead atoms. The van der Waals surface area contributed by atoms with E-state index in [-0.39, 0.29) is 11.9 Å². The highest BCUT2D eigenvalue weighted by Crippen LogP contribution is 2.26. The second-order valence-corrected chi connectivity index (χ2v) is 5.45. The Kier molecular flexibility index (Phi) is 5.41. The lowest BCUT2D eigenvalue weighted by Crippen LogP contribution is -2.33. The molecule has 0 aliphatic heterocycles. The van der Waals surface area contributed by atoms with E-state index >= 15 is 0 Å². The maximum Gasteiger partial charge on any atom is 0.127 e. The van der Waals surface area contributed by atoms with E-state index in [9.17, 15) is 4.39 Å². The topological polar surface area (TPSA) is 12.0 Å². The molecule has 0 saturated carbocycles. The molecule has 1 nitrogen and oxygen atoms in total. The minimum Gasteiger partial charge on any atom is -0.310 e. The Morgan fingerprint density at radius 2 is 2.21 bits per heavy atom. The lowest BCUT2D eigenvalue weighted by atomic mass is 9.90. The summed E-state index contributed by atoms with van der Waals surface area (Å²) in [5.41, 5.74) is 2.04. The fourth-order valence-corrected chi connectivity index (χ4v) is 2.93. The number of likely N-dealkylation sites (N-methyl/N-ethyl adjacent to an activating group) is 1. The highest BCUT2D eigenvalue weighted by Gasteiger charge is 2.19. The number of hydrogen-bond donors (Lipinski definition) is 1. The number of rotatable bonds is 5. The third-order valence-electron chi connectivity index (χ3n) is 3.69. The standard InChI is InChI=1S/C16H21ClFN/c1-2-19-16(12-7-4-3-5-8-12)11-13-14(17)9-6-10-15(13)18/h6-7,9-10,16,19H,2-5,8,11H2,1H3. The molecule has 0 amide bonds. The van der Waals surface area contributed by atoms with Gasteiger partial charge in [0.25, 0.3) is 0 Å². The van der Waals surface area contributed by atoms with Crippen LogP contribution in [-0.4, -0.2) is 12.6 Å². The minimum atomic E-state index is -0.202. The van der Waals surface area contributed by atoms with Crippen LogP contribution < -0.4 is 5.32 Å². The first-order chi connectivity index (χ1) is 9.22. The quantitative estimate of drug-likeness (QED) is 0.784. The zero-order valence-corrected chi connectivity index (χ0v) is 12.1. The molecule has 0 fully saturated rings. The molecule has 3 heteroatoms. The molecule has 1 atom stereocenters. The molecule has 1 aromatic rings. The lowest BCUT2D eigenvalue weighted by Gasteiger charge is -2.24. The van der Waals surface area contributed by atoms with Gasteiger partial charge in [-0.25, -0.2) is 4.39 Å². The van der Waals surface area contributed by atoms with Gasteiger partial charge < -0.3 is 5.32 Å². The molecule has 0 spiro atoms. The van der Waals surface area contributed by atoms with Crippen LogP contribution in [0.2, 0.25) is 5.02 Å². The second-order valence-electron chi connectivity index (χ2n) is 5.04. The molecule has 0 saturated heterocycles. The van der Waals surface area contributed by atoms with Crippen molar-refractivity contribution in [2.45, 2.75) is 45.1 Å². The molecule has 1 aliphatic rings. The summed E-state index contributed by atoms with van der Waals surface area (Å²) in [4.78, 5) is 0. The zero-order valence-electron chi connectivity index (χ0n) is 11.4. The van der Waals surface area contributed by atoms with E-state index in [0.29, 0.717) is 17.0 Å². The SMILES string of the molecule is CCNC(Cc1c(F)cccc1Cl)C1=CCCCC1. The van der Waals surface area contributed by atoms with E-state index in [0.717, 1.165) is 19.4 Å². The van der Waals surface area contributed by atoms with E-state index in [4.69, 9.17) is 11.6 Å². The molecule has 0 aromatic heterocycles. The molecule has 1 aliphatic carbocycles. The maximum atomic E-state index is 13.9. The molecular weight excluding hydrogens is 261 g/mol. The second kappa shape index (κ2) is 7.06. The van der Waals surface area contributed by atoms with Crippen LogP contribution in [0.25, 0.3) is 0 Å². The highest BCUT2D eigenvalue weighted by atomic mass is 35.5. The number of nitrogens with one attached hydrogen (secondary N) is 1. The molecule has 1 unspecified atom stereocenters. The number of hydrogen-bond acceptors (Lipinski definition) is 1. The summed E-state index contributed by atoms with van der Waals surface area (Å²) in [7, 11) is 0. The van der Waals surface area contributed by atoms with Gasteiger partial charge in [-0.15, -0.1) is 0 Å². The molecule has 19 heavy (non-hydrogen) atoms. The predicted octanol–water partition coefficient (Wildman–Crippen LogP) is 4.50.